The molecule has 0 radical (unpaired) electrons. The highest BCUT2D eigenvalue weighted by Crippen LogP contribution is 2.44. The first-order valence-corrected chi connectivity index (χ1v) is 6.06. The molecule has 0 unspecified atom stereocenters. The van der Waals surface area contributed by atoms with Crippen molar-refractivity contribution in [1.29, 1.82) is 0 Å². The maximum atomic E-state index is 10.7. The highest BCUT2D eigenvalue weighted by Gasteiger charge is 2.47. The van der Waals surface area contributed by atoms with Crippen LogP contribution in [0.3, 0.4) is 0 Å². The van der Waals surface area contributed by atoms with Crippen molar-refractivity contribution in [3.8, 4) is 0 Å². The molecule has 1 N–H and O–H groups in total. The molecule has 14 heavy (non-hydrogen) atoms. The van der Waals surface area contributed by atoms with E-state index in [0.29, 0.717) is 0 Å². The van der Waals surface area contributed by atoms with Crippen LogP contribution in [0.25, 0.3) is 0 Å². The molecule has 1 saturated carbocycles. The van der Waals surface area contributed by atoms with Crippen molar-refractivity contribution in [3.63, 3.8) is 0 Å². The third-order valence-electron chi connectivity index (χ3n) is 3.03. The fourth-order valence-corrected chi connectivity index (χ4v) is 2.76. The SMILES string of the molecule is CC(C)(I)C1(OC(=O)O)CCCCC1. The second-order valence-corrected chi connectivity index (χ2v) is 7.09. The Balaban J connectivity index is 2.83. The Morgan fingerprint density at radius 1 is 1.36 bits per heavy atom. The smallest absolute Gasteiger partial charge is 0.450 e. The fraction of sp³-hybridized carbons (Fsp3) is 0.900. The lowest BCUT2D eigenvalue weighted by Crippen LogP contribution is -2.50. The molecular formula is C10H17IO3. The summed E-state index contributed by atoms with van der Waals surface area (Å²) in [6.45, 7) is 4.09. The Bertz CT molecular complexity index is 214. The van der Waals surface area contributed by atoms with Gasteiger partial charge in [0.05, 0.1) is 3.42 Å². The highest BCUT2D eigenvalue weighted by molar-refractivity contribution is 14.1. The van der Waals surface area contributed by atoms with Crippen LogP contribution in [0.1, 0.15) is 46.0 Å². The van der Waals surface area contributed by atoms with Crippen LogP contribution in [0.4, 0.5) is 4.79 Å². The quantitative estimate of drug-likeness (QED) is 0.481. The van der Waals surface area contributed by atoms with Gasteiger partial charge in [-0.1, -0.05) is 29.0 Å². The third kappa shape index (κ3) is 2.52. The summed E-state index contributed by atoms with van der Waals surface area (Å²) in [5.41, 5.74) is -0.475. The summed E-state index contributed by atoms with van der Waals surface area (Å²) in [6.07, 6.45) is 3.90. The van der Waals surface area contributed by atoms with Gasteiger partial charge in [0, 0.05) is 0 Å². The van der Waals surface area contributed by atoms with Gasteiger partial charge in [-0.3, -0.25) is 0 Å². The second-order valence-electron chi connectivity index (χ2n) is 4.40. The van der Waals surface area contributed by atoms with Crippen LogP contribution in [-0.4, -0.2) is 20.3 Å². The van der Waals surface area contributed by atoms with E-state index < -0.39 is 11.8 Å². The van der Waals surface area contributed by atoms with Gasteiger partial charge in [-0.05, 0) is 39.5 Å². The van der Waals surface area contributed by atoms with Crippen molar-refractivity contribution in [3.05, 3.63) is 0 Å². The minimum absolute atomic E-state index is 0.135. The Morgan fingerprint density at radius 2 is 1.86 bits per heavy atom. The molecule has 0 heterocycles. The standard InChI is InChI=1S/C10H17IO3/c1-9(2,11)10(14-8(12)13)6-4-3-5-7-10/h3-7H2,1-2H3,(H,12,13). The molecule has 0 atom stereocenters. The molecule has 0 bridgehead atoms. The van der Waals surface area contributed by atoms with Crippen LogP contribution >= 0.6 is 22.6 Å². The largest absolute Gasteiger partial charge is 0.506 e. The number of halogens is 1. The van der Waals surface area contributed by atoms with Crippen molar-refractivity contribution in [2.75, 3.05) is 0 Å². The molecule has 0 amide bonds. The van der Waals surface area contributed by atoms with Crippen LogP contribution in [0.2, 0.25) is 0 Å². The first-order valence-electron chi connectivity index (χ1n) is 4.98. The van der Waals surface area contributed by atoms with E-state index in [1.54, 1.807) is 0 Å². The number of hydrogen-bond acceptors (Lipinski definition) is 2. The van der Waals surface area contributed by atoms with E-state index >= 15 is 0 Å². The third-order valence-corrected chi connectivity index (χ3v) is 4.01. The molecule has 0 spiro atoms. The molecule has 1 aliphatic carbocycles. The van der Waals surface area contributed by atoms with Gasteiger partial charge in [0.1, 0.15) is 5.60 Å². The maximum Gasteiger partial charge on any atom is 0.506 e. The van der Waals surface area contributed by atoms with E-state index in [0.717, 1.165) is 25.7 Å². The molecular weight excluding hydrogens is 295 g/mol. The van der Waals surface area contributed by atoms with E-state index in [4.69, 9.17) is 9.84 Å². The average Bonchev–Trinajstić information content (AvgIpc) is 2.02. The van der Waals surface area contributed by atoms with Crippen molar-refractivity contribution < 1.29 is 14.6 Å². The predicted octanol–water partition coefficient (Wildman–Crippen LogP) is 3.60. The Kier molecular flexibility index (Phi) is 3.66. The molecule has 0 aromatic rings. The second kappa shape index (κ2) is 4.24. The maximum absolute atomic E-state index is 10.7. The Morgan fingerprint density at radius 3 is 2.21 bits per heavy atom. The molecule has 3 nitrogen and oxygen atoms in total. The summed E-state index contributed by atoms with van der Waals surface area (Å²) >= 11 is 2.29. The zero-order valence-corrected chi connectivity index (χ0v) is 10.8. The minimum Gasteiger partial charge on any atom is -0.450 e. The number of carbonyl (C=O) groups is 1. The van der Waals surface area contributed by atoms with E-state index in [1.807, 2.05) is 13.8 Å². The highest BCUT2D eigenvalue weighted by atomic mass is 127. The van der Waals surface area contributed by atoms with Gasteiger partial charge in [-0.15, -0.1) is 0 Å². The summed E-state index contributed by atoms with van der Waals surface area (Å²) in [4.78, 5) is 10.7. The van der Waals surface area contributed by atoms with E-state index in [2.05, 4.69) is 22.6 Å². The molecule has 1 aliphatic rings. The number of hydrogen-bond donors (Lipinski definition) is 1. The number of carboxylic acid groups (broad SMARTS) is 1. The van der Waals surface area contributed by atoms with Gasteiger partial charge in [-0.25, -0.2) is 4.79 Å². The molecule has 0 saturated heterocycles. The van der Waals surface area contributed by atoms with Crippen molar-refractivity contribution >= 4 is 28.7 Å². The summed E-state index contributed by atoms with van der Waals surface area (Å²) in [5.74, 6) is 0. The predicted molar refractivity (Wildman–Crippen MR) is 63.0 cm³/mol. The molecule has 1 fully saturated rings. The van der Waals surface area contributed by atoms with Crippen LogP contribution in [0.15, 0.2) is 0 Å². The molecule has 0 aromatic carbocycles. The van der Waals surface area contributed by atoms with Crippen LogP contribution < -0.4 is 0 Å². The van der Waals surface area contributed by atoms with E-state index in [9.17, 15) is 4.79 Å². The molecule has 4 heteroatoms. The molecule has 0 aromatic heterocycles. The number of rotatable bonds is 2. The monoisotopic (exact) mass is 312 g/mol. The minimum atomic E-state index is -1.14. The zero-order valence-electron chi connectivity index (χ0n) is 8.68. The first-order chi connectivity index (χ1) is 6.37. The number of alkyl halides is 1. The van der Waals surface area contributed by atoms with E-state index in [-0.39, 0.29) is 3.42 Å². The normalized spacial score (nSPS) is 21.6. The fourth-order valence-electron chi connectivity index (χ4n) is 2.11. The van der Waals surface area contributed by atoms with Gasteiger partial charge in [0.15, 0.2) is 0 Å². The summed E-state index contributed by atoms with van der Waals surface area (Å²) < 4.78 is 5.02. The van der Waals surface area contributed by atoms with Crippen molar-refractivity contribution in [1.82, 2.24) is 0 Å². The van der Waals surface area contributed by atoms with Crippen molar-refractivity contribution in [2.24, 2.45) is 0 Å². The van der Waals surface area contributed by atoms with E-state index in [1.165, 1.54) is 6.42 Å². The Hall–Kier alpha value is 0. The molecule has 0 aliphatic heterocycles. The summed E-state index contributed by atoms with van der Waals surface area (Å²) in [6, 6.07) is 0. The van der Waals surface area contributed by atoms with Gasteiger partial charge in [0.2, 0.25) is 0 Å². The summed E-state index contributed by atoms with van der Waals surface area (Å²) in [7, 11) is 0. The average molecular weight is 312 g/mol. The van der Waals surface area contributed by atoms with Crippen LogP contribution in [0, 0.1) is 0 Å². The zero-order chi connectivity index (χ0) is 10.8. The van der Waals surface area contributed by atoms with Gasteiger partial charge < -0.3 is 9.84 Å². The first kappa shape index (κ1) is 12.1. The lowest BCUT2D eigenvalue weighted by atomic mass is 9.77. The van der Waals surface area contributed by atoms with Gasteiger partial charge in [-0.2, -0.15) is 0 Å². The van der Waals surface area contributed by atoms with Gasteiger partial charge >= 0.3 is 6.16 Å². The lowest BCUT2D eigenvalue weighted by molar-refractivity contribution is -0.0558. The molecule has 1 rings (SSSR count). The Labute approximate surface area is 98.3 Å². The van der Waals surface area contributed by atoms with Crippen LogP contribution in [0.5, 0.6) is 0 Å². The lowest BCUT2D eigenvalue weighted by Gasteiger charge is -2.44. The molecule has 82 valence electrons. The summed E-state index contributed by atoms with van der Waals surface area (Å²) in [5, 5.41) is 8.77. The van der Waals surface area contributed by atoms with Crippen LogP contribution in [-0.2, 0) is 4.74 Å². The van der Waals surface area contributed by atoms with Gasteiger partial charge in [0.25, 0.3) is 0 Å². The van der Waals surface area contributed by atoms with Crippen molar-refractivity contribution in [2.45, 2.75) is 55.0 Å². The topological polar surface area (TPSA) is 46.5 Å². The number of ether oxygens (including phenoxy) is 1.